The standard InChI is InChI=1S/C33H46N2O10.C19H22N2O9/c1-33(31(39)45-35-28(36)13-14-29(35)37)16-7-6-9-24(15-17-33)44-32(40)34-18-20-42-22-21-41-19-8-12-30(38)43-23-27-25-10-4-2-3-5-11-26(25)27;1-19(17(26)29-20-13(22)5-6-14(20)23)10-3-2-4-12(9-11-19)28-18(27)30-21-15(24)7-8-16(21)25/h6,9,24-27H,4-5,7-8,10-23H2,1H3,(H,34,40);2,4,12H,3,5-11H2,1H3/b9-6+;4-2+/t24-,25-,26+,27?,33+;12-,19+/m11/s1. The van der Waals surface area contributed by atoms with Gasteiger partial charge in [0.1, 0.15) is 12.2 Å². The Morgan fingerprint density at radius 1 is 0.587 bits per heavy atom. The van der Waals surface area contributed by atoms with E-state index in [1.54, 1.807) is 32.1 Å². The second kappa shape index (κ2) is 27.7. The SMILES string of the molecule is C[C@]1(C(=O)ON2C(=O)CCC2=O)CC/C=C/[C@@H](OC(=O)NCCOCCOCCCC(=O)OCC2[C@H]3CCC#CCC[C@@H]23)CC1.C[C@]1(C(=O)ON2C(=O)CCC2=O)CC/C=C/[C@@H](OC(=O)ON2C(=O)CCC2=O)CC1. The van der Waals surface area contributed by atoms with Gasteiger partial charge in [-0.3, -0.25) is 38.4 Å². The number of hydrogen-bond acceptors (Lipinski definition) is 19. The summed E-state index contributed by atoms with van der Waals surface area (Å²) in [5.74, 6) is 3.30. The summed E-state index contributed by atoms with van der Waals surface area (Å²) >= 11 is 0. The van der Waals surface area contributed by atoms with Crippen molar-refractivity contribution in [1.29, 1.82) is 0 Å². The van der Waals surface area contributed by atoms with Crippen LogP contribution >= 0.6 is 0 Å². The van der Waals surface area contributed by atoms with Crippen molar-refractivity contribution in [3.63, 3.8) is 0 Å². The van der Waals surface area contributed by atoms with Crippen LogP contribution in [-0.4, -0.2) is 133 Å². The maximum atomic E-state index is 12.8. The molecule has 3 aliphatic heterocycles. The third-order valence-corrected chi connectivity index (χ3v) is 14.2. The molecule has 1 unspecified atom stereocenters. The van der Waals surface area contributed by atoms with Crippen molar-refractivity contribution in [1.82, 2.24) is 20.5 Å². The second-order valence-electron chi connectivity index (χ2n) is 19.9. The summed E-state index contributed by atoms with van der Waals surface area (Å²) in [4.78, 5) is 147. The van der Waals surface area contributed by atoms with Gasteiger partial charge in [-0.1, -0.05) is 17.2 Å². The minimum atomic E-state index is -1.20. The first-order valence-corrected chi connectivity index (χ1v) is 25.9. The second-order valence-corrected chi connectivity index (χ2v) is 19.9. The van der Waals surface area contributed by atoms with Gasteiger partial charge in [-0.2, -0.15) is 0 Å². The number of fused-ring (bicyclic) bond motifs is 1. The van der Waals surface area contributed by atoms with Crippen LogP contribution in [0, 0.1) is 40.4 Å². The van der Waals surface area contributed by atoms with Crippen LogP contribution in [0.1, 0.15) is 142 Å². The molecule has 0 aromatic heterocycles. The van der Waals surface area contributed by atoms with E-state index in [2.05, 4.69) is 22.0 Å². The quantitative estimate of drug-likeness (QED) is 0.0448. The molecule has 0 spiro atoms. The topological polar surface area (TPSA) is 283 Å². The van der Waals surface area contributed by atoms with E-state index in [1.165, 1.54) is 0 Å². The van der Waals surface area contributed by atoms with Gasteiger partial charge in [-0.25, -0.2) is 19.2 Å². The third kappa shape index (κ3) is 17.2. The summed E-state index contributed by atoms with van der Waals surface area (Å²) in [5.41, 5.74) is -1.95. The Hall–Kier alpha value is -6.67. The van der Waals surface area contributed by atoms with Crippen molar-refractivity contribution < 1.29 is 90.9 Å². The lowest BCUT2D eigenvalue weighted by molar-refractivity contribution is -0.205. The number of esters is 1. The average Bonchev–Trinajstić information content (AvgIpc) is 3.51. The van der Waals surface area contributed by atoms with E-state index in [0.717, 1.165) is 25.7 Å². The van der Waals surface area contributed by atoms with Crippen molar-refractivity contribution in [2.75, 3.05) is 39.6 Å². The van der Waals surface area contributed by atoms with Crippen LogP contribution in [0.25, 0.3) is 0 Å². The number of carbonyl (C=O) groups excluding carboxylic acids is 11. The van der Waals surface area contributed by atoms with Crippen LogP contribution in [0.4, 0.5) is 9.59 Å². The number of hydroxylamine groups is 6. The molecule has 4 fully saturated rings. The first-order valence-electron chi connectivity index (χ1n) is 25.9. The molecule has 75 heavy (non-hydrogen) atoms. The van der Waals surface area contributed by atoms with Crippen LogP contribution in [-0.2, 0) is 81.3 Å². The van der Waals surface area contributed by atoms with Crippen LogP contribution in [0.15, 0.2) is 24.3 Å². The molecule has 0 bridgehead atoms. The minimum Gasteiger partial charge on any atom is -0.465 e. The van der Waals surface area contributed by atoms with Gasteiger partial charge in [0.2, 0.25) is 0 Å². The maximum absolute atomic E-state index is 12.8. The smallest absolute Gasteiger partial charge is 0.465 e. The van der Waals surface area contributed by atoms with Gasteiger partial charge in [0, 0.05) is 70.9 Å². The highest BCUT2D eigenvalue weighted by atomic mass is 16.8. The Morgan fingerprint density at radius 3 is 1.53 bits per heavy atom. The summed E-state index contributed by atoms with van der Waals surface area (Å²) in [7, 11) is 0. The summed E-state index contributed by atoms with van der Waals surface area (Å²) in [6.07, 6.45) is 12.1. The first kappa shape index (κ1) is 57.6. The van der Waals surface area contributed by atoms with Crippen molar-refractivity contribution >= 4 is 65.6 Å². The fourth-order valence-electron chi connectivity index (χ4n) is 9.44. The van der Waals surface area contributed by atoms with Gasteiger partial charge in [-0.05, 0) is 114 Å². The number of imide groups is 3. The van der Waals surface area contributed by atoms with Gasteiger partial charge in [-0.15, -0.1) is 22.0 Å². The highest BCUT2D eigenvalue weighted by Crippen LogP contribution is 2.52. The molecule has 23 heteroatoms. The van der Waals surface area contributed by atoms with Gasteiger partial charge in [0.25, 0.3) is 35.4 Å². The number of ether oxygens (including phenoxy) is 5. The molecule has 3 saturated heterocycles. The maximum Gasteiger partial charge on any atom is 0.534 e. The highest BCUT2D eigenvalue weighted by Gasteiger charge is 2.49. The molecule has 1 saturated carbocycles. The molecule has 1 N–H and O–H groups in total. The van der Waals surface area contributed by atoms with E-state index in [4.69, 9.17) is 33.4 Å². The van der Waals surface area contributed by atoms with Crippen molar-refractivity contribution in [2.45, 2.75) is 154 Å². The van der Waals surface area contributed by atoms with Crippen LogP contribution in [0.5, 0.6) is 0 Å². The van der Waals surface area contributed by atoms with Crippen LogP contribution in [0.3, 0.4) is 0 Å². The number of rotatable bonds is 19. The Balaban J connectivity index is 0.000000264. The molecule has 7 aliphatic rings. The van der Waals surface area contributed by atoms with Gasteiger partial charge < -0.3 is 38.7 Å². The lowest BCUT2D eigenvalue weighted by Crippen LogP contribution is -2.40. The van der Waals surface area contributed by atoms with Crippen LogP contribution < -0.4 is 5.32 Å². The van der Waals surface area contributed by atoms with Crippen molar-refractivity contribution in [2.24, 2.45) is 28.6 Å². The molecular formula is C52H68N4O19. The molecule has 23 nitrogen and oxygen atoms in total. The third-order valence-electron chi connectivity index (χ3n) is 14.2. The Bertz CT molecular complexity index is 2220. The number of carbonyl (C=O) groups is 11. The van der Waals surface area contributed by atoms with Gasteiger partial charge in [0.05, 0.1) is 37.3 Å². The zero-order valence-corrected chi connectivity index (χ0v) is 42.7. The fourth-order valence-corrected chi connectivity index (χ4v) is 9.44. The largest absolute Gasteiger partial charge is 0.534 e. The monoisotopic (exact) mass is 1050 g/mol. The number of amides is 7. The average molecular weight is 1050 g/mol. The Labute approximate surface area is 434 Å². The summed E-state index contributed by atoms with van der Waals surface area (Å²) in [5, 5.41) is 4.11. The van der Waals surface area contributed by atoms with E-state index in [1.807, 2.05) is 6.08 Å². The van der Waals surface area contributed by atoms with E-state index < -0.39 is 82.7 Å². The molecule has 410 valence electrons. The predicted molar refractivity (Wildman–Crippen MR) is 255 cm³/mol. The highest BCUT2D eigenvalue weighted by molar-refractivity contribution is 6.03. The van der Waals surface area contributed by atoms with Gasteiger partial charge >= 0.3 is 30.2 Å². The first-order chi connectivity index (χ1) is 36.0. The normalized spacial score (nSPS) is 28.2. The van der Waals surface area contributed by atoms with Gasteiger partial charge in [0.15, 0.2) is 0 Å². The van der Waals surface area contributed by atoms with E-state index in [9.17, 15) is 52.7 Å². The number of nitrogens with zero attached hydrogens (tertiary/aromatic N) is 3. The number of allylic oxidation sites excluding steroid dienone is 2. The van der Waals surface area contributed by atoms with E-state index >= 15 is 0 Å². The van der Waals surface area contributed by atoms with Crippen LogP contribution in [0.2, 0.25) is 0 Å². The van der Waals surface area contributed by atoms with Crippen molar-refractivity contribution in [3.8, 4) is 11.8 Å². The molecule has 0 radical (unpaired) electrons. The molecular weight excluding hydrogens is 985 g/mol. The lowest BCUT2D eigenvalue weighted by Gasteiger charge is -2.30. The predicted octanol–water partition coefficient (Wildman–Crippen LogP) is 4.94. The molecule has 0 aromatic rings. The molecule has 7 atom stereocenters. The minimum absolute atomic E-state index is 0.00557. The molecule has 0 aromatic carbocycles. The number of nitrogens with one attached hydrogen (secondary N) is 1. The molecule has 7 rings (SSSR count). The fraction of sp³-hybridized carbons (Fsp3) is 0.673. The van der Waals surface area contributed by atoms with E-state index in [-0.39, 0.29) is 70.5 Å². The zero-order valence-electron chi connectivity index (χ0n) is 42.7. The summed E-state index contributed by atoms with van der Waals surface area (Å²) in [6.45, 7) is 5.59. The summed E-state index contributed by atoms with van der Waals surface area (Å²) in [6, 6.07) is 0. The van der Waals surface area contributed by atoms with E-state index in [0.29, 0.717) is 111 Å². The zero-order chi connectivity index (χ0) is 54.0. The van der Waals surface area contributed by atoms with Crippen molar-refractivity contribution in [3.05, 3.63) is 24.3 Å². The number of hydrogen-bond donors (Lipinski definition) is 1. The molecule has 3 heterocycles. The Kier molecular flexibility index (Phi) is 21.3. The summed E-state index contributed by atoms with van der Waals surface area (Å²) < 4.78 is 27.2. The molecule has 4 aliphatic carbocycles. The lowest BCUT2D eigenvalue weighted by atomic mass is 9.79. The molecule has 7 amide bonds. The number of alkyl carbamates (subject to hydrolysis) is 1. The Morgan fingerprint density at radius 2 is 1.04 bits per heavy atom.